The van der Waals surface area contributed by atoms with E-state index in [1.807, 2.05) is 30.3 Å². The zero-order chi connectivity index (χ0) is 17.5. The maximum Gasteiger partial charge on any atom is 0.306 e. The van der Waals surface area contributed by atoms with Gasteiger partial charge in [0.15, 0.2) is 0 Å². The SMILES string of the molecule is CCOC(=O)CC(c1ccccc1)C(C#N)c1c(Cl)cccc1Cl. The summed E-state index contributed by atoms with van der Waals surface area (Å²) in [6.07, 6.45) is 0.0810. The van der Waals surface area contributed by atoms with E-state index in [-0.39, 0.29) is 12.4 Å². The number of carbonyl (C=O) groups is 1. The molecule has 124 valence electrons. The molecule has 0 heterocycles. The third-order valence-corrected chi connectivity index (χ3v) is 4.43. The Labute approximate surface area is 151 Å². The molecule has 0 saturated carbocycles. The van der Waals surface area contributed by atoms with Crippen molar-refractivity contribution in [3.05, 3.63) is 69.7 Å². The van der Waals surface area contributed by atoms with E-state index in [1.54, 1.807) is 25.1 Å². The van der Waals surface area contributed by atoms with Crippen molar-refractivity contribution >= 4 is 29.2 Å². The molecule has 2 rings (SSSR count). The first-order valence-electron chi connectivity index (χ1n) is 7.62. The molecule has 0 aliphatic heterocycles. The van der Waals surface area contributed by atoms with Crippen molar-refractivity contribution in [2.75, 3.05) is 6.61 Å². The second-order valence-electron chi connectivity index (χ2n) is 5.27. The minimum absolute atomic E-state index is 0.0810. The molecule has 3 nitrogen and oxygen atoms in total. The number of rotatable bonds is 6. The van der Waals surface area contributed by atoms with Crippen LogP contribution in [0.1, 0.15) is 36.3 Å². The molecule has 2 aromatic carbocycles. The van der Waals surface area contributed by atoms with Gasteiger partial charge in [-0.05, 0) is 24.6 Å². The molecule has 2 atom stereocenters. The summed E-state index contributed by atoms with van der Waals surface area (Å²) < 4.78 is 5.07. The Bertz CT molecular complexity index is 721. The third kappa shape index (κ3) is 4.29. The van der Waals surface area contributed by atoms with Gasteiger partial charge in [-0.3, -0.25) is 4.79 Å². The van der Waals surface area contributed by atoms with Crippen LogP contribution < -0.4 is 0 Å². The average molecular weight is 362 g/mol. The van der Waals surface area contributed by atoms with Crippen molar-refractivity contribution in [1.82, 2.24) is 0 Å². The van der Waals surface area contributed by atoms with Crippen LogP contribution in [0.3, 0.4) is 0 Å². The van der Waals surface area contributed by atoms with Gasteiger partial charge in [-0.2, -0.15) is 5.26 Å². The van der Waals surface area contributed by atoms with Crippen LogP contribution in [0.5, 0.6) is 0 Å². The molecule has 24 heavy (non-hydrogen) atoms. The van der Waals surface area contributed by atoms with Gasteiger partial charge in [0.2, 0.25) is 0 Å². The maximum absolute atomic E-state index is 12.1. The fraction of sp³-hybridized carbons (Fsp3) is 0.263. The number of hydrogen-bond acceptors (Lipinski definition) is 3. The standard InChI is InChI=1S/C19H17Cl2NO2/c1-2-24-18(23)11-14(13-7-4-3-5-8-13)15(12-22)19-16(20)9-6-10-17(19)21/h3-10,14-15H,2,11H2,1H3. The van der Waals surface area contributed by atoms with E-state index in [1.165, 1.54) is 0 Å². The minimum atomic E-state index is -0.655. The van der Waals surface area contributed by atoms with E-state index in [9.17, 15) is 10.1 Å². The van der Waals surface area contributed by atoms with Crippen LogP contribution in [-0.4, -0.2) is 12.6 Å². The fourth-order valence-corrected chi connectivity index (χ4v) is 3.32. The first-order valence-corrected chi connectivity index (χ1v) is 8.38. The van der Waals surface area contributed by atoms with Crippen molar-refractivity contribution in [2.45, 2.75) is 25.2 Å². The summed E-state index contributed by atoms with van der Waals surface area (Å²) in [5, 5.41) is 10.6. The molecule has 2 unspecified atom stereocenters. The summed E-state index contributed by atoms with van der Waals surface area (Å²) in [7, 11) is 0. The number of halogens is 2. The van der Waals surface area contributed by atoms with E-state index in [4.69, 9.17) is 27.9 Å². The van der Waals surface area contributed by atoms with Crippen molar-refractivity contribution in [1.29, 1.82) is 5.26 Å². The van der Waals surface area contributed by atoms with E-state index in [2.05, 4.69) is 6.07 Å². The molecule has 0 N–H and O–H groups in total. The van der Waals surface area contributed by atoms with E-state index in [0.717, 1.165) is 5.56 Å². The Morgan fingerprint density at radius 1 is 1.12 bits per heavy atom. The van der Waals surface area contributed by atoms with Crippen molar-refractivity contribution in [3.8, 4) is 6.07 Å². The lowest BCUT2D eigenvalue weighted by atomic mass is 9.80. The topological polar surface area (TPSA) is 50.1 Å². The molecule has 2 aromatic rings. The first-order chi connectivity index (χ1) is 11.6. The molecule has 0 fully saturated rings. The summed E-state index contributed by atoms with van der Waals surface area (Å²) in [6, 6.07) is 16.8. The van der Waals surface area contributed by atoms with Crippen LogP contribution in [-0.2, 0) is 9.53 Å². The quantitative estimate of drug-likeness (QED) is 0.652. The minimum Gasteiger partial charge on any atom is -0.466 e. The summed E-state index contributed by atoms with van der Waals surface area (Å²) in [5.41, 5.74) is 1.41. The predicted molar refractivity (Wildman–Crippen MR) is 95.2 cm³/mol. The Balaban J connectivity index is 2.48. The number of hydrogen-bond donors (Lipinski definition) is 0. The first kappa shape index (κ1) is 18.3. The van der Waals surface area contributed by atoms with Gasteiger partial charge >= 0.3 is 5.97 Å². The highest BCUT2D eigenvalue weighted by Gasteiger charge is 2.30. The summed E-state index contributed by atoms with van der Waals surface area (Å²) in [6.45, 7) is 2.05. The molecule has 0 aromatic heterocycles. The molecular formula is C19H17Cl2NO2. The molecule has 0 radical (unpaired) electrons. The van der Waals surface area contributed by atoms with Crippen LogP contribution in [0, 0.1) is 11.3 Å². The second-order valence-corrected chi connectivity index (χ2v) is 6.08. The molecule has 0 spiro atoms. The van der Waals surface area contributed by atoms with Gasteiger partial charge in [0.05, 0.1) is 25.0 Å². The molecule has 0 bridgehead atoms. The predicted octanol–water partition coefficient (Wildman–Crippen LogP) is 5.34. The summed E-state index contributed by atoms with van der Waals surface area (Å²) in [5.74, 6) is -1.40. The smallest absolute Gasteiger partial charge is 0.306 e. The van der Waals surface area contributed by atoms with E-state index in [0.29, 0.717) is 22.2 Å². The van der Waals surface area contributed by atoms with Gasteiger partial charge in [-0.15, -0.1) is 0 Å². The van der Waals surface area contributed by atoms with Gasteiger partial charge in [-0.1, -0.05) is 59.6 Å². The van der Waals surface area contributed by atoms with E-state index < -0.39 is 11.8 Å². The zero-order valence-corrected chi connectivity index (χ0v) is 14.7. The van der Waals surface area contributed by atoms with Crippen molar-refractivity contribution in [2.24, 2.45) is 0 Å². The number of nitriles is 1. The van der Waals surface area contributed by atoms with Crippen molar-refractivity contribution < 1.29 is 9.53 Å². The van der Waals surface area contributed by atoms with Crippen LogP contribution in [0.2, 0.25) is 10.0 Å². The Morgan fingerprint density at radius 2 is 1.75 bits per heavy atom. The van der Waals surface area contributed by atoms with Gasteiger partial charge in [0, 0.05) is 21.5 Å². The van der Waals surface area contributed by atoms with Crippen molar-refractivity contribution in [3.63, 3.8) is 0 Å². The summed E-state index contributed by atoms with van der Waals surface area (Å²) >= 11 is 12.6. The Hall–Kier alpha value is -2.02. The van der Waals surface area contributed by atoms with Crippen LogP contribution in [0.15, 0.2) is 48.5 Å². The number of nitrogens with zero attached hydrogens (tertiary/aromatic N) is 1. The average Bonchev–Trinajstić information content (AvgIpc) is 2.58. The number of esters is 1. The lowest BCUT2D eigenvalue weighted by Gasteiger charge is -2.23. The number of carbonyl (C=O) groups excluding carboxylic acids is 1. The number of benzene rings is 2. The monoisotopic (exact) mass is 361 g/mol. The number of ether oxygens (including phenoxy) is 1. The Kier molecular flexibility index (Phi) is 6.66. The summed E-state index contributed by atoms with van der Waals surface area (Å²) in [4.78, 5) is 12.1. The van der Waals surface area contributed by atoms with E-state index >= 15 is 0 Å². The fourth-order valence-electron chi connectivity index (χ4n) is 2.69. The highest BCUT2D eigenvalue weighted by Crippen LogP contribution is 2.41. The van der Waals surface area contributed by atoms with Crippen LogP contribution in [0.4, 0.5) is 0 Å². The highest BCUT2D eigenvalue weighted by molar-refractivity contribution is 6.36. The molecule has 0 aliphatic rings. The largest absolute Gasteiger partial charge is 0.466 e. The maximum atomic E-state index is 12.1. The molecule has 0 aliphatic carbocycles. The van der Waals surface area contributed by atoms with Gasteiger partial charge in [-0.25, -0.2) is 0 Å². The van der Waals surface area contributed by atoms with Gasteiger partial charge in [0.1, 0.15) is 0 Å². The lowest BCUT2D eigenvalue weighted by Crippen LogP contribution is -2.17. The van der Waals surface area contributed by atoms with Gasteiger partial charge in [0.25, 0.3) is 0 Å². The molecule has 0 saturated heterocycles. The van der Waals surface area contributed by atoms with Crippen LogP contribution in [0.25, 0.3) is 0 Å². The van der Waals surface area contributed by atoms with Crippen LogP contribution >= 0.6 is 23.2 Å². The molecule has 0 amide bonds. The third-order valence-electron chi connectivity index (χ3n) is 3.77. The zero-order valence-electron chi connectivity index (χ0n) is 13.2. The van der Waals surface area contributed by atoms with Gasteiger partial charge < -0.3 is 4.74 Å². The molecule has 5 heteroatoms. The normalized spacial score (nSPS) is 12.9. The lowest BCUT2D eigenvalue weighted by molar-refractivity contribution is -0.143. The highest BCUT2D eigenvalue weighted by atomic mass is 35.5. The Morgan fingerprint density at radius 3 is 2.29 bits per heavy atom. The second kappa shape index (κ2) is 8.73. The molecular weight excluding hydrogens is 345 g/mol.